The molecule has 5 aromatic rings. The number of aliphatic imine (C=N–C) groups is 1. The van der Waals surface area contributed by atoms with Crippen LogP contribution in [0.1, 0.15) is 147 Å². The number of aromatic amines is 1. The lowest BCUT2D eigenvalue weighted by atomic mass is 9.99. The molecule has 3 aromatic carbocycles. The monoisotopic (exact) mass is 1970 g/mol. The standard InChI is InChI=1S/C93H126N22O24S/c1-7-9-19-70-86(132)103-60(28-30-78(122)123)82(128)109-68(81(127)100-44-76(97)120)48-140-49-77(121)101-65(36-51-23-25-55(116)26-24-51)89(135)110(4)50(3)80(126)107-67(41-75(96)119)92(138)114-35-15-22-71(114)87(133)105-63(37-52-32-34-98-42-52)84(130)104-62(27-29-74(95)118)91(137)115-46-56(117)40-73(115)88(134)106-64(38-53-43-99-59-18-13-11-16-57(53)59)85(131)102-61(31-33-94)83(129)108-66(90(136)112(6)72(20-10-8-2)93(139)111(70)5)39-54-45-113(47-79(124)125)69-21-14-12-17-58(54)69/h11-14,16-18,21,23-26,34,42-43,45,50,56,60-68,70-73,99,116-117H,7-10,15,19-20,22,27-33,35-41,44,46-49,94H2,1-6H3,(H2,95,118)(H2,96,119)(H2,97,120)(H,100,127)(H,101,121)(H,102,131)(H,103,132)(H,104,130)(H,105,133)(H,106,134)(H,107,126)(H,108,129)(H,109,128)(H,122,123)(H,124,125)/t50-,56+,60-,61-,62-,63-,64-,65-,66-,67-,68-,70-,71?,72-,73-/m0/s1. The van der Waals surface area contributed by atoms with E-state index < -0.39 is 285 Å². The molecular formula is C93H126N22O24S. The number of rotatable bonds is 29. The summed E-state index contributed by atoms with van der Waals surface area (Å²) >= 11 is 0.687. The largest absolute Gasteiger partial charge is 0.508 e. The van der Waals surface area contributed by atoms with Crippen molar-refractivity contribution in [2.24, 2.45) is 27.9 Å². The lowest BCUT2D eigenvalue weighted by Crippen LogP contribution is -2.61. The van der Waals surface area contributed by atoms with Crippen LogP contribution in [0.3, 0.4) is 0 Å². The average molecular weight is 1970 g/mol. The van der Waals surface area contributed by atoms with Crippen LogP contribution in [-0.2, 0) is 122 Å². The zero-order valence-electron chi connectivity index (χ0n) is 78.8. The Morgan fingerprint density at radius 2 is 1.10 bits per heavy atom. The molecule has 140 heavy (non-hydrogen) atoms. The molecule has 0 radical (unpaired) electrons. The number of unbranched alkanes of at least 4 members (excludes halogenated alkanes) is 2. The lowest BCUT2D eigenvalue weighted by Gasteiger charge is -2.36. The van der Waals surface area contributed by atoms with Gasteiger partial charge in [-0.05, 0) is 111 Å². The topological polar surface area (TPSA) is 696 Å². The minimum Gasteiger partial charge on any atom is -0.508 e. The highest BCUT2D eigenvalue weighted by molar-refractivity contribution is 8.00. The van der Waals surface area contributed by atoms with Gasteiger partial charge in [0.2, 0.25) is 106 Å². The SMILES string of the molecule is CCCC[C@H]1C(=O)N(C)[C@@H](CCCC)C(=O)N[C@@H](CCC(=O)O)C(=O)N[C@H](C(=O)NCC(N)=O)CSCC(=O)N[C@@H](Cc2ccc(O)cc2)C(=O)N(C)[C@@H](C)C(=O)N[C@@H](CC(N)=O)C(=O)N2CCCC2C(=O)N[C@@H](CC2=CN=CC2)C(=O)N[C@@H](CCC(N)=O)C(=O)N2C[C@H](O)C[C@H]2C(=O)N[C@@H](Cc2c[nH]c3ccccc23)C(=O)N[C@@H](CCN)C(=O)N[C@@H](Cc2cn(CC(=O)O)c3ccccc23)C(=O)N1C. The first kappa shape index (κ1) is 109. The number of thioether (sulfide) groups is 1. The number of hydrogen-bond acceptors (Lipinski definition) is 25. The highest BCUT2D eigenvalue weighted by Crippen LogP contribution is 2.29. The maximum Gasteiger partial charge on any atom is 0.323 e. The van der Waals surface area contributed by atoms with Gasteiger partial charge in [-0.2, -0.15) is 0 Å². The maximum absolute atomic E-state index is 16.0. The highest BCUT2D eigenvalue weighted by Gasteiger charge is 2.47. The summed E-state index contributed by atoms with van der Waals surface area (Å²) in [6, 6.07) is -4.28. The fourth-order valence-electron chi connectivity index (χ4n) is 17.2. The van der Waals surface area contributed by atoms with E-state index in [4.69, 9.17) is 22.9 Å². The van der Waals surface area contributed by atoms with Crippen LogP contribution < -0.4 is 76.1 Å². The van der Waals surface area contributed by atoms with Crippen LogP contribution in [0.15, 0.2) is 102 Å². The number of nitrogens with two attached hydrogens (primary N) is 4. The molecule has 0 aliphatic carbocycles. The first-order chi connectivity index (χ1) is 66.6. The summed E-state index contributed by atoms with van der Waals surface area (Å²) in [5.74, 6) is -22.4. The van der Waals surface area contributed by atoms with Crippen molar-refractivity contribution in [3.05, 3.63) is 114 Å². The van der Waals surface area contributed by atoms with Crippen molar-refractivity contribution < 1.29 is 116 Å². The van der Waals surface area contributed by atoms with E-state index in [0.29, 0.717) is 68.7 Å². The van der Waals surface area contributed by atoms with E-state index in [1.54, 1.807) is 68.6 Å². The normalized spacial score (nSPS) is 24.6. The van der Waals surface area contributed by atoms with Crippen LogP contribution in [0.4, 0.5) is 0 Å². The van der Waals surface area contributed by atoms with Crippen LogP contribution in [0, 0.1) is 0 Å². The minimum absolute atomic E-state index is 0.0680. The number of fused-ring (bicyclic) bond motifs is 4. The van der Waals surface area contributed by atoms with E-state index in [1.165, 1.54) is 75.5 Å². The molecule has 4 aliphatic heterocycles. The molecule has 0 spiro atoms. The van der Waals surface area contributed by atoms with Crippen LogP contribution >= 0.6 is 11.8 Å². The Balaban J connectivity index is 1.13. The van der Waals surface area contributed by atoms with Gasteiger partial charge in [0.15, 0.2) is 0 Å². The number of carbonyl (C=O) groups excluding carboxylic acids is 18. The third-order valence-corrected chi connectivity index (χ3v) is 26.0. The van der Waals surface area contributed by atoms with E-state index in [9.17, 15) is 78.0 Å². The molecule has 4 aliphatic rings. The molecule has 47 heteroatoms. The Bertz CT molecular complexity index is 5470. The second-order valence-electron chi connectivity index (χ2n) is 35.3. The number of aliphatic hydroxyl groups excluding tert-OH is 1. The molecule has 0 bridgehead atoms. The van der Waals surface area contributed by atoms with E-state index in [1.807, 2.05) is 0 Å². The summed E-state index contributed by atoms with van der Waals surface area (Å²) in [5.41, 5.74) is 25.6. The first-order valence-electron chi connectivity index (χ1n) is 46.3. The van der Waals surface area contributed by atoms with Gasteiger partial charge in [0.1, 0.15) is 96.9 Å². The molecule has 18 amide bonds. The van der Waals surface area contributed by atoms with Gasteiger partial charge in [-0.25, -0.2) is 0 Å². The number of carbonyl (C=O) groups is 20. The second kappa shape index (κ2) is 51.9. The number of aromatic nitrogens is 2. The smallest absolute Gasteiger partial charge is 0.323 e. The Kier molecular flexibility index (Phi) is 40.5. The predicted molar refractivity (Wildman–Crippen MR) is 508 cm³/mol. The Morgan fingerprint density at radius 1 is 0.536 bits per heavy atom. The zero-order valence-corrected chi connectivity index (χ0v) is 79.6. The molecule has 9 rings (SSSR count). The third-order valence-electron chi connectivity index (χ3n) is 24.9. The summed E-state index contributed by atoms with van der Waals surface area (Å²) in [6.07, 6.45) is 0.173. The zero-order chi connectivity index (χ0) is 102. The number of phenols is 1. The molecule has 2 aromatic heterocycles. The van der Waals surface area contributed by atoms with Crippen molar-refractivity contribution in [1.29, 1.82) is 0 Å². The van der Waals surface area contributed by atoms with Gasteiger partial charge >= 0.3 is 11.9 Å². The van der Waals surface area contributed by atoms with Crippen molar-refractivity contribution in [2.75, 3.05) is 58.8 Å². The van der Waals surface area contributed by atoms with E-state index in [2.05, 4.69) is 63.1 Å². The summed E-state index contributed by atoms with van der Waals surface area (Å²) < 4.78 is 1.40. The molecule has 23 N–H and O–H groups in total. The molecular weight excluding hydrogens is 1840 g/mol. The third kappa shape index (κ3) is 30.3. The number of nitrogens with zero attached hydrogens (tertiary/aromatic N) is 7. The predicted octanol–water partition coefficient (Wildman–Crippen LogP) is -3.41. The molecule has 0 saturated carbocycles. The van der Waals surface area contributed by atoms with Gasteiger partial charge in [0.25, 0.3) is 0 Å². The number of aliphatic hydroxyl groups is 1. The van der Waals surface area contributed by atoms with Gasteiger partial charge in [-0.1, -0.05) is 88.1 Å². The van der Waals surface area contributed by atoms with E-state index in [-0.39, 0.29) is 89.5 Å². The number of likely N-dealkylation sites (N-methyl/N-ethyl adjacent to an activating group) is 3. The number of carboxylic acids is 2. The number of para-hydroxylation sites is 2. The molecule has 3 saturated heterocycles. The van der Waals surface area contributed by atoms with Gasteiger partial charge in [0.05, 0.1) is 24.8 Å². The number of aromatic hydroxyl groups is 1. The molecule has 46 nitrogen and oxygen atoms in total. The highest BCUT2D eigenvalue weighted by atomic mass is 32.2. The van der Waals surface area contributed by atoms with Crippen molar-refractivity contribution in [2.45, 2.75) is 246 Å². The van der Waals surface area contributed by atoms with Crippen LogP contribution in [0.25, 0.3) is 21.8 Å². The molecule has 1 unspecified atom stereocenters. The molecule has 3 fully saturated rings. The fourth-order valence-corrected chi connectivity index (χ4v) is 18.1. The minimum atomic E-state index is -1.83. The van der Waals surface area contributed by atoms with Crippen molar-refractivity contribution in [3.63, 3.8) is 0 Å². The van der Waals surface area contributed by atoms with Gasteiger partial charge < -0.3 is 131 Å². The first-order valence-corrected chi connectivity index (χ1v) is 47.5. The summed E-state index contributed by atoms with van der Waals surface area (Å²) in [5, 5.41) is 68.8. The van der Waals surface area contributed by atoms with Crippen molar-refractivity contribution in [3.8, 4) is 5.75 Å². The Morgan fingerprint density at radius 3 is 1.74 bits per heavy atom. The van der Waals surface area contributed by atoms with E-state index >= 15 is 38.4 Å². The van der Waals surface area contributed by atoms with Gasteiger partial charge in [0, 0.05) is 132 Å². The molecule has 6 heterocycles. The average Bonchev–Trinajstić information content (AvgIpc) is 1.62. The lowest BCUT2D eigenvalue weighted by molar-refractivity contribution is -0.149. The van der Waals surface area contributed by atoms with Crippen molar-refractivity contribution in [1.82, 2.24) is 87.2 Å². The quantitative estimate of drug-likeness (QED) is 0.0222. The van der Waals surface area contributed by atoms with Crippen LogP contribution in [0.5, 0.6) is 5.75 Å². The maximum atomic E-state index is 16.0. The van der Waals surface area contributed by atoms with Crippen LogP contribution in [-0.4, -0.2) is 328 Å². The number of amides is 18. The van der Waals surface area contributed by atoms with Gasteiger partial charge in [-0.3, -0.25) is 101 Å². The van der Waals surface area contributed by atoms with Crippen molar-refractivity contribution >= 4 is 158 Å². The summed E-state index contributed by atoms with van der Waals surface area (Å²) in [4.78, 5) is 301. The number of aliphatic carboxylic acids is 2. The molecule has 15 atom stereocenters. The molecule has 758 valence electrons. The number of benzene rings is 3. The van der Waals surface area contributed by atoms with Crippen LogP contribution in [0.2, 0.25) is 0 Å². The summed E-state index contributed by atoms with van der Waals surface area (Å²) in [7, 11) is 3.71. The number of phenolic OH excluding ortho intramolecular Hbond substituents is 1. The van der Waals surface area contributed by atoms with Gasteiger partial charge in [-0.15, -0.1) is 11.8 Å². The fraction of sp³-hybridized carbons (Fsp3) is 0.516. The Hall–Kier alpha value is -14.4. The second-order valence-corrected chi connectivity index (χ2v) is 36.3. The summed E-state index contributed by atoms with van der Waals surface area (Å²) in [6.45, 7) is 2.38. The Labute approximate surface area is 810 Å². The number of primary amides is 3. The number of H-pyrrole nitrogens is 1. The number of nitrogens with one attached hydrogen (secondary N) is 11. The number of hydrogen-bond donors (Lipinski definition) is 19. The number of carboxylic acid groups (broad SMARTS) is 2. The van der Waals surface area contributed by atoms with E-state index in [0.717, 1.165) is 24.5 Å².